The number of nitrogens with one attached hydrogen (secondary N) is 1. The summed E-state index contributed by atoms with van der Waals surface area (Å²) in [5.41, 5.74) is 1.76. The van der Waals surface area contributed by atoms with Crippen LogP contribution in [0.25, 0.3) is 16.7 Å². The lowest BCUT2D eigenvalue weighted by atomic mass is 10.2. The van der Waals surface area contributed by atoms with Crippen LogP contribution < -0.4 is 10.2 Å². The Morgan fingerprint density at radius 3 is 2.75 bits per heavy atom. The van der Waals surface area contributed by atoms with Crippen molar-refractivity contribution in [2.45, 2.75) is 3.79 Å². The third-order valence-corrected chi connectivity index (χ3v) is 3.99. The predicted octanol–water partition coefficient (Wildman–Crippen LogP) is 4.54. The minimum atomic E-state index is -1.72. The summed E-state index contributed by atoms with van der Waals surface area (Å²) in [6.07, 6.45) is 2.49. The molecule has 0 saturated carbocycles. The number of hydrogen-bond donors (Lipinski definition) is 1. The molecule has 0 unspecified atom stereocenters. The fourth-order valence-corrected chi connectivity index (χ4v) is 2.50. The van der Waals surface area contributed by atoms with Gasteiger partial charge in [-0.3, -0.25) is 5.32 Å². The lowest BCUT2D eigenvalue weighted by Crippen LogP contribution is -2.21. The molecule has 1 amide bonds. The number of ether oxygens (including phenoxy) is 1. The average Bonchev–Trinajstić information content (AvgIpc) is 3.04. The highest BCUT2D eigenvalue weighted by molar-refractivity contribution is 6.67. The van der Waals surface area contributed by atoms with Gasteiger partial charge in [-0.2, -0.15) is 0 Å². The number of nitrogens with zero attached hydrogens (tertiary/aromatic N) is 4. The van der Waals surface area contributed by atoms with Crippen LogP contribution in [0.4, 0.5) is 20.6 Å². The SMILES string of the molecule is CN(C)c1cnc2nn(-c3cc(NC(=O)OCC(Cl)(Cl)Cl)ccc3F)cc2c1. The Morgan fingerprint density at radius 2 is 2.07 bits per heavy atom. The Bertz CT molecular complexity index is 1020. The highest BCUT2D eigenvalue weighted by Gasteiger charge is 2.22. The van der Waals surface area contributed by atoms with Gasteiger partial charge in [0.1, 0.15) is 18.1 Å². The Morgan fingerprint density at radius 1 is 1.32 bits per heavy atom. The van der Waals surface area contributed by atoms with Gasteiger partial charge in [-0.15, -0.1) is 5.10 Å². The summed E-state index contributed by atoms with van der Waals surface area (Å²) < 4.78 is 18.8. The first-order chi connectivity index (χ1) is 13.1. The molecule has 3 aromatic rings. The van der Waals surface area contributed by atoms with E-state index in [1.807, 2.05) is 25.1 Å². The van der Waals surface area contributed by atoms with E-state index in [-0.39, 0.29) is 11.4 Å². The number of aromatic nitrogens is 3. The number of pyridine rings is 1. The van der Waals surface area contributed by atoms with Crippen LogP contribution in [0.2, 0.25) is 0 Å². The first kappa shape index (κ1) is 20.4. The monoisotopic (exact) mass is 445 g/mol. The summed E-state index contributed by atoms with van der Waals surface area (Å²) in [5.74, 6) is -0.527. The molecule has 1 aromatic carbocycles. The van der Waals surface area contributed by atoms with Crippen LogP contribution in [0.5, 0.6) is 0 Å². The molecular formula is C17H15Cl3FN5O2. The van der Waals surface area contributed by atoms with Crippen molar-refractivity contribution in [1.29, 1.82) is 0 Å². The first-order valence-corrected chi connectivity index (χ1v) is 9.09. The van der Waals surface area contributed by atoms with Crippen molar-refractivity contribution in [3.05, 3.63) is 42.5 Å². The molecule has 0 aliphatic carbocycles. The summed E-state index contributed by atoms with van der Waals surface area (Å²) >= 11 is 16.6. The molecule has 1 N–H and O–H groups in total. The molecular weight excluding hydrogens is 432 g/mol. The van der Waals surface area contributed by atoms with E-state index in [2.05, 4.69) is 15.4 Å². The second kappa shape index (κ2) is 7.98. The van der Waals surface area contributed by atoms with Crippen molar-refractivity contribution in [3.8, 4) is 5.69 Å². The molecule has 7 nitrogen and oxygen atoms in total. The quantitative estimate of drug-likeness (QED) is 0.596. The number of halogens is 4. The fourth-order valence-electron chi connectivity index (χ4n) is 2.34. The lowest BCUT2D eigenvalue weighted by molar-refractivity contribution is 0.164. The molecule has 0 saturated heterocycles. The van der Waals surface area contributed by atoms with Crippen LogP contribution in [-0.4, -0.2) is 45.4 Å². The normalized spacial score (nSPS) is 11.5. The number of carbonyl (C=O) groups is 1. The second-order valence-electron chi connectivity index (χ2n) is 6.06. The molecule has 2 aromatic heterocycles. The zero-order chi connectivity index (χ0) is 20.5. The smallest absolute Gasteiger partial charge is 0.411 e. The number of alkyl halides is 3. The molecule has 0 atom stereocenters. The second-order valence-corrected chi connectivity index (χ2v) is 8.57. The predicted molar refractivity (Wildman–Crippen MR) is 108 cm³/mol. The van der Waals surface area contributed by atoms with Crippen molar-refractivity contribution in [2.24, 2.45) is 0 Å². The molecule has 0 bridgehead atoms. The molecule has 0 aliphatic rings. The summed E-state index contributed by atoms with van der Waals surface area (Å²) in [5, 5.41) is 7.47. The summed E-state index contributed by atoms with van der Waals surface area (Å²) in [6.45, 7) is -0.429. The maximum absolute atomic E-state index is 14.3. The van der Waals surface area contributed by atoms with Gasteiger partial charge in [0, 0.05) is 31.4 Å². The van der Waals surface area contributed by atoms with Crippen molar-refractivity contribution in [2.75, 3.05) is 30.9 Å². The van der Waals surface area contributed by atoms with E-state index >= 15 is 0 Å². The highest BCUT2D eigenvalue weighted by atomic mass is 35.6. The minimum Gasteiger partial charge on any atom is -0.445 e. The fraction of sp³-hybridized carbons (Fsp3) is 0.235. The topological polar surface area (TPSA) is 72.3 Å². The molecule has 148 valence electrons. The van der Waals surface area contributed by atoms with Gasteiger partial charge in [0.25, 0.3) is 0 Å². The van der Waals surface area contributed by atoms with E-state index in [4.69, 9.17) is 39.5 Å². The van der Waals surface area contributed by atoms with Gasteiger partial charge >= 0.3 is 6.09 Å². The Balaban J connectivity index is 1.85. The Labute approximate surface area is 174 Å². The van der Waals surface area contributed by atoms with Gasteiger partial charge in [0.15, 0.2) is 5.65 Å². The molecule has 11 heteroatoms. The third kappa shape index (κ3) is 4.95. The number of benzene rings is 1. The standard InChI is InChI=1S/C17H15Cl3FN5O2/c1-25(2)12-5-10-8-26(24-15(10)22-7-12)14-6-11(3-4-13(14)21)23-16(27)28-9-17(18,19)20/h3-8H,9H2,1-2H3,(H,23,27). The minimum absolute atomic E-state index is 0.128. The number of amides is 1. The first-order valence-electron chi connectivity index (χ1n) is 7.95. The summed E-state index contributed by atoms with van der Waals surface area (Å²) in [7, 11) is 3.79. The molecule has 0 spiro atoms. The number of anilines is 2. The van der Waals surface area contributed by atoms with Gasteiger partial charge in [-0.1, -0.05) is 34.8 Å². The molecule has 2 heterocycles. The Kier molecular flexibility index (Phi) is 5.83. The molecule has 0 radical (unpaired) electrons. The van der Waals surface area contributed by atoms with Crippen molar-refractivity contribution in [1.82, 2.24) is 14.8 Å². The van der Waals surface area contributed by atoms with Crippen molar-refractivity contribution in [3.63, 3.8) is 0 Å². The zero-order valence-corrected chi connectivity index (χ0v) is 17.1. The summed E-state index contributed by atoms with van der Waals surface area (Å²) in [6, 6.07) is 5.87. The average molecular weight is 447 g/mol. The van der Waals surface area contributed by atoms with E-state index in [0.29, 0.717) is 5.65 Å². The maximum atomic E-state index is 14.3. The number of hydrogen-bond acceptors (Lipinski definition) is 5. The summed E-state index contributed by atoms with van der Waals surface area (Å²) in [4.78, 5) is 18.0. The van der Waals surface area contributed by atoms with Gasteiger partial charge < -0.3 is 9.64 Å². The van der Waals surface area contributed by atoms with Gasteiger partial charge in [0.05, 0.1) is 11.9 Å². The molecule has 28 heavy (non-hydrogen) atoms. The van der Waals surface area contributed by atoms with Crippen LogP contribution in [0.15, 0.2) is 36.7 Å². The van der Waals surface area contributed by atoms with Crippen LogP contribution >= 0.6 is 34.8 Å². The number of fused-ring (bicyclic) bond motifs is 1. The Hall–Kier alpha value is -2.29. The van der Waals surface area contributed by atoms with Gasteiger partial charge in [-0.05, 0) is 24.3 Å². The van der Waals surface area contributed by atoms with Gasteiger partial charge in [0.2, 0.25) is 3.79 Å². The maximum Gasteiger partial charge on any atom is 0.411 e. The van der Waals surface area contributed by atoms with Crippen molar-refractivity contribution < 1.29 is 13.9 Å². The molecule has 0 aliphatic heterocycles. The third-order valence-electron chi connectivity index (χ3n) is 3.67. The molecule has 3 rings (SSSR count). The van der Waals surface area contributed by atoms with Crippen LogP contribution in [0.3, 0.4) is 0 Å². The lowest BCUT2D eigenvalue weighted by Gasteiger charge is -2.12. The van der Waals surface area contributed by atoms with E-state index in [0.717, 1.165) is 11.1 Å². The van der Waals surface area contributed by atoms with E-state index in [9.17, 15) is 9.18 Å². The van der Waals surface area contributed by atoms with E-state index in [1.165, 1.54) is 22.9 Å². The largest absolute Gasteiger partial charge is 0.445 e. The van der Waals surface area contributed by atoms with E-state index < -0.39 is 22.3 Å². The number of rotatable bonds is 4. The number of carbonyl (C=O) groups excluding carboxylic acids is 1. The van der Waals surface area contributed by atoms with Crippen molar-refractivity contribution >= 4 is 63.3 Å². The highest BCUT2D eigenvalue weighted by Crippen LogP contribution is 2.26. The van der Waals surface area contributed by atoms with Crippen LogP contribution in [0.1, 0.15) is 0 Å². The van der Waals surface area contributed by atoms with Crippen LogP contribution in [0, 0.1) is 5.82 Å². The molecule has 0 fully saturated rings. The van der Waals surface area contributed by atoms with Crippen LogP contribution in [-0.2, 0) is 4.74 Å². The van der Waals surface area contributed by atoms with E-state index in [1.54, 1.807) is 12.4 Å². The van der Waals surface area contributed by atoms with Gasteiger partial charge in [-0.25, -0.2) is 18.9 Å². The zero-order valence-electron chi connectivity index (χ0n) is 14.8.